The van der Waals surface area contributed by atoms with Gasteiger partial charge >= 0.3 is 0 Å². The highest BCUT2D eigenvalue weighted by molar-refractivity contribution is 5.58. The fourth-order valence-corrected chi connectivity index (χ4v) is 2.98. The molecule has 1 fully saturated rings. The van der Waals surface area contributed by atoms with Crippen LogP contribution in [-0.2, 0) is 11.3 Å². The van der Waals surface area contributed by atoms with Gasteiger partial charge in [0.2, 0.25) is 5.95 Å². The van der Waals surface area contributed by atoms with Crippen LogP contribution in [-0.4, -0.2) is 50.5 Å². The predicted octanol–water partition coefficient (Wildman–Crippen LogP) is 2.03. The molecule has 7 nitrogen and oxygen atoms in total. The van der Waals surface area contributed by atoms with E-state index in [0.717, 1.165) is 49.9 Å². The topological polar surface area (TPSA) is 69.0 Å². The molecule has 4 heterocycles. The molecule has 1 aliphatic rings. The third kappa shape index (κ3) is 3.83. The molecule has 0 saturated carbocycles. The first-order valence-corrected chi connectivity index (χ1v) is 8.46. The van der Waals surface area contributed by atoms with E-state index in [2.05, 4.69) is 20.0 Å². The molecule has 25 heavy (non-hydrogen) atoms. The molecule has 3 aromatic heterocycles. The number of aromatic nitrogens is 5. The van der Waals surface area contributed by atoms with Crippen molar-refractivity contribution in [2.24, 2.45) is 0 Å². The molecule has 0 amide bonds. The van der Waals surface area contributed by atoms with Gasteiger partial charge in [-0.2, -0.15) is 5.10 Å². The summed E-state index contributed by atoms with van der Waals surface area (Å²) in [6.07, 6.45) is 10.1. The molecule has 0 bridgehead atoms. The van der Waals surface area contributed by atoms with E-state index in [-0.39, 0.29) is 6.10 Å². The smallest absolute Gasteiger partial charge is 0.225 e. The summed E-state index contributed by atoms with van der Waals surface area (Å²) < 4.78 is 7.88. The average Bonchev–Trinajstić information content (AvgIpc) is 3.06. The Kier molecular flexibility index (Phi) is 4.65. The second kappa shape index (κ2) is 7.40. The Morgan fingerprint density at radius 2 is 2.16 bits per heavy atom. The van der Waals surface area contributed by atoms with E-state index in [0.29, 0.717) is 0 Å². The standard InChI is InChI=1S/C18H20N6O/c1-4-15(12-19-6-1)17-5-8-20-18(22-17)23-9-3-11-25-16(13-23)14-24-10-2-7-21-24/h1-2,4-8,10,12,16H,3,9,11,13-14H2. The Hall–Kier alpha value is -2.80. The van der Waals surface area contributed by atoms with Gasteiger partial charge in [0.15, 0.2) is 0 Å². The molecule has 128 valence electrons. The minimum absolute atomic E-state index is 0.0630. The number of anilines is 1. The summed E-state index contributed by atoms with van der Waals surface area (Å²) in [6, 6.07) is 7.76. The van der Waals surface area contributed by atoms with E-state index >= 15 is 0 Å². The van der Waals surface area contributed by atoms with Gasteiger partial charge in [0.25, 0.3) is 0 Å². The van der Waals surface area contributed by atoms with E-state index in [1.54, 1.807) is 18.6 Å². The summed E-state index contributed by atoms with van der Waals surface area (Å²) in [6.45, 7) is 3.10. The van der Waals surface area contributed by atoms with Crippen LogP contribution in [0.5, 0.6) is 0 Å². The molecular formula is C18H20N6O. The average molecular weight is 336 g/mol. The third-order valence-electron chi connectivity index (χ3n) is 4.18. The quantitative estimate of drug-likeness (QED) is 0.726. The lowest BCUT2D eigenvalue weighted by Crippen LogP contribution is -2.35. The van der Waals surface area contributed by atoms with E-state index in [1.165, 1.54) is 0 Å². The number of nitrogens with zero attached hydrogens (tertiary/aromatic N) is 6. The van der Waals surface area contributed by atoms with Crippen molar-refractivity contribution in [2.75, 3.05) is 24.6 Å². The normalized spacial score (nSPS) is 18.1. The largest absolute Gasteiger partial charge is 0.374 e. The zero-order valence-corrected chi connectivity index (χ0v) is 13.9. The van der Waals surface area contributed by atoms with Crippen LogP contribution in [0.3, 0.4) is 0 Å². The molecule has 0 spiro atoms. The van der Waals surface area contributed by atoms with Gasteiger partial charge < -0.3 is 9.64 Å². The first-order chi connectivity index (χ1) is 12.4. The van der Waals surface area contributed by atoms with Crippen molar-refractivity contribution < 1.29 is 4.74 Å². The molecule has 1 aliphatic heterocycles. The first-order valence-electron chi connectivity index (χ1n) is 8.46. The highest BCUT2D eigenvalue weighted by atomic mass is 16.5. The van der Waals surface area contributed by atoms with E-state index < -0.39 is 0 Å². The van der Waals surface area contributed by atoms with Gasteiger partial charge in [-0.15, -0.1) is 0 Å². The summed E-state index contributed by atoms with van der Waals surface area (Å²) in [7, 11) is 0. The summed E-state index contributed by atoms with van der Waals surface area (Å²) >= 11 is 0. The SMILES string of the molecule is c1cncc(-c2ccnc(N3CCCOC(Cn4cccn4)C3)n2)c1. The van der Waals surface area contributed by atoms with Crippen molar-refractivity contribution in [2.45, 2.75) is 19.1 Å². The maximum atomic E-state index is 5.97. The van der Waals surface area contributed by atoms with E-state index in [9.17, 15) is 0 Å². The summed E-state index contributed by atoms with van der Waals surface area (Å²) in [4.78, 5) is 15.6. The number of rotatable bonds is 4. The van der Waals surface area contributed by atoms with Crippen molar-refractivity contribution in [1.29, 1.82) is 0 Å². The lowest BCUT2D eigenvalue weighted by Gasteiger charge is -2.24. The fraction of sp³-hybridized carbons (Fsp3) is 0.333. The Morgan fingerprint density at radius 3 is 3.00 bits per heavy atom. The van der Waals surface area contributed by atoms with Crippen LogP contribution in [0.1, 0.15) is 6.42 Å². The van der Waals surface area contributed by atoms with Crippen molar-refractivity contribution in [3.05, 3.63) is 55.2 Å². The van der Waals surface area contributed by atoms with Crippen LogP contribution in [0.15, 0.2) is 55.2 Å². The highest BCUT2D eigenvalue weighted by Gasteiger charge is 2.21. The molecule has 3 aromatic rings. The number of hydrogen-bond donors (Lipinski definition) is 0. The maximum Gasteiger partial charge on any atom is 0.225 e. The Balaban J connectivity index is 1.53. The van der Waals surface area contributed by atoms with Gasteiger partial charge in [-0.1, -0.05) is 0 Å². The zero-order chi connectivity index (χ0) is 16.9. The molecule has 4 rings (SSSR count). The fourth-order valence-electron chi connectivity index (χ4n) is 2.98. The monoisotopic (exact) mass is 336 g/mol. The summed E-state index contributed by atoms with van der Waals surface area (Å²) in [5.74, 6) is 0.734. The minimum atomic E-state index is 0.0630. The molecular weight excluding hydrogens is 316 g/mol. The number of hydrogen-bond acceptors (Lipinski definition) is 6. The van der Waals surface area contributed by atoms with Crippen LogP contribution in [0.2, 0.25) is 0 Å². The van der Waals surface area contributed by atoms with Crippen molar-refractivity contribution in [3.63, 3.8) is 0 Å². The highest BCUT2D eigenvalue weighted by Crippen LogP contribution is 2.19. The van der Waals surface area contributed by atoms with E-state index in [4.69, 9.17) is 9.72 Å². The van der Waals surface area contributed by atoms with Crippen molar-refractivity contribution >= 4 is 5.95 Å². The van der Waals surface area contributed by atoms with E-state index in [1.807, 2.05) is 41.3 Å². The Bertz CT molecular complexity index is 792. The van der Waals surface area contributed by atoms with Crippen LogP contribution < -0.4 is 4.90 Å². The van der Waals surface area contributed by atoms with Crippen LogP contribution in [0, 0.1) is 0 Å². The van der Waals surface area contributed by atoms with Gasteiger partial charge in [0.1, 0.15) is 0 Å². The lowest BCUT2D eigenvalue weighted by molar-refractivity contribution is 0.0543. The molecule has 1 atom stereocenters. The van der Waals surface area contributed by atoms with Gasteiger partial charge in [-0.3, -0.25) is 9.67 Å². The molecule has 0 radical (unpaired) electrons. The third-order valence-corrected chi connectivity index (χ3v) is 4.18. The molecule has 1 saturated heterocycles. The van der Waals surface area contributed by atoms with Gasteiger partial charge in [0.05, 0.1) is 18.3 Å². The molecule has 7 heteroatoms. The first kappa shape index (κ1) is 15.7. The number of pyridine rings is 1. The Labute approximate surface area is 146 Å². The number of ether oxygens (including phenoxy) is 1. The lowest BCUT2D eigenvalue weighted by atomic mass is 10.2. The van der Waals surface area contributed by atoms with Crippen molar-refractivity contribution in [3.8, 4) is 11.3 Å². The van der Waals surface area contributed by atoms with Crippen LogP contribution in [0.4, 0.5) is 5.95 Å². The zero-order valence-electron chi connectivity index (χ0n) is 13.9. The van der Waals surface area contributed by atoms with Gasteiger partial charge in [-0.05, 0) is 30.7 Å². The summed E-state index contributed by atoms with van der Waals surface area (Å²) in [5, 5.41) is 4.27. The molecule has 0 aliphatic carbocycles. The minimum Gasteiger partial charge on any atom is -0.374 e. The second-order valence-electron chi connectivity index (χ2n) is 6.00. The predicted molar refractivity (Wildman–Crippen MR) is 94.1 cm³/mol. The van der Waals surface area contributed by atoms with Crippen molar-refractivity contribution in [1.82, 2.24) is 24.7 Å². The van der Waals surface area contributed by atoms with Crippen LogP contribution in [0.25, 0.3) is 11.3 Å². The Morgan fingerprint density at radius 1 is 1.16 bits per heavy atom. The molecule has 0 aromatic carbocycles. The van der Waals surface area contributed by atoms with Gasteiger partial charge in [-0.25, -0.2) is 9.97 Å². The second-order valence-corrected chi connectivity index (χ2v) is 6.00. The van der Waals surface area contributed by atoms with Crippen LogP contribution >= 0.6 is 0 Å². The molecule has 1 unspecified atom stereocenters. The molecule has 0 N–H and O–H groups in total. The maximum absolute atomic E-state index is 5.97. The summed E-state index contributed by atoms with van der Waals surface area (Å²) in [5.41, 5.74) is 1.87. The van der Waals surface area contributed by atoms with Gasteiger partial charge in [0, 0.05) is 56.2 Å².